The van der Waals surface area contributed by atoms with Crippen LogP contribution in [0.15, 0.2) is 42.5 Å². The molecular weight excluding hydrogens is 316 g/mol. The number of nitrogens with zero attached hydrogens (tertiary/aromatic N) is 1. The fourth-order valence-corrected chi connectivity index (χ4v) is 2.82. The van der Waals surface area contributed by atoms with Gasteiger partial charge in [-0.25, -0.2) is 13.6 Å². The number of aromatic carboxylic acids is 1. The molecule has 126 valence electrons. The molecule has 0 saturated carbocycles. The minimum absolute atomic E-state index is 0.248. The van der Waals surface area contributed by atoms with E-state index in [0.717, 1.165) is 17.7 Å². The molecule has 3 rings (SSSR count). The second kappa shape index (κ2) is 7.07. The Morgan fingerprint density at radius 3 is 2.79 bits per heavy atom. The predicted octanol–water partition coefficient (Wildman–Crippen LogP) is 3.24. The lowest BCUT2D eigenvalue weighted by molar-refractivity contribution is -0.0331. The van der Waals surface area contributed by atoms with Crippen molar-refractivity contribution in [1.29, 1.82) is 0 Å². The molecule has 0 aromatic heterocycles. The number of halogens is 2. The third kappa shape index (κ3) is 3.77. The molecule has 0 spiro atoms. The number of carboxylic acid groups (broad SMARTS) is 1. The summed E-state index contributed by atoms with van der Waals surface area (Å²) < 4.78 is 32.1. The number of ether oxygens (including phenoxy) is 1. The Kier molecular flexibility index (Phi) is 4.87. The van der Waals surface area contributed by atoms with Crippen molar-refractivity contribution in [3.05, 3.63) is 70.8 Å². The summed E-state index contributed by atoms with van der Waals surface area (Å²) in [6.45, 7) is 2.27. The zero-order chi connectivity index (χ0) is 17.1. The quantitative estimate of drug-likeness (QED) is 0.933. The van der Waals surface area contributed by atoms with Crippen LogP contribution >= 0.6 is 0 Å². The van der Waals surface area contributed by atoms with Gasteiger partial charge in [-0.15, -0.1) is 0 Å². The highest BCUT2D eigenvalue weighted by Crippen LogP contribution is 2.24. The summed E-state index contributed by atoms with van der Waals surface area (Å²) in [6, 6.07) is 10.6. The first-order valence-electron chi connectivity index (χ1n) is 7.64. The van der Waals surface area contributed by atoms with Crippen LogP contribution in [-0.4, -0.2) is 35.7 Å². The van der Waals surface area contributed by atoms with Crippen molar-refractivity contribution in [1.82, 2.24) is 4.90 Å². The van der Waals surface area contributed by atoms with Gasteiger partial charge in [0.25, 0.3) is 0 Å². The van der Waals surface area contributed by atoms with Gasteiger partial charge in [0.05, 0.1) is 18.3 Å². The van der Waals surface area contributed by atoms with E-state index >= 15 is 0 Å². The Hall–Kier alpha value is -2.31. The average Bonchev–Trinajstić information content (AvgIpc) is 2.58. The van der Waals surface area contributed by atoms with E-state index in [9.17, 15) is 13.6 Å². The summed E-state index contributed by atoms with van der Waals surface area (Å²) in [4.78, 5) is 13.1. The molecule has 4 nitrogen and oxygen atoms in total. The number of hydrogen-bond acceptors (Lipinski definition) is 3. The Balaban J connectivity index is 1.70. The first kappa shape index (κ1) is 16.5. The topological polar surface area (TPSA) is 49.8 Å². The van der Waals surface area contributed by atoms with Gasteiger partial charge in [-0.05, 0) is 35.4 Å². The second-order valence-electron chi connectivity index (χ2n) is 5.77. The van der Waals surface area contributed by atoms with E-state index in [1.165, 1.54) is 6.07 Å². The van der Waals surface area contributed by atoms with Crippen LogP contribution in [0.1, 0.15) is 27.6 Å². The molecule has 0 bridgehead atoms. The van der Waals surface area contributed by atoms with E-state index in [2.05, 4.69) is 4.90 Å². The van der Waals surface area contributed by atoms with Crippen molar-refractivity contribution in [2.24, 2.45) is 0 Å². The van der Waals surface area contributed by atoms with E-state index in [4.69, 9.17) is 9.84 Å². The molecule has 1 heterocycles. The molecule has 2 aromatic rings. The van der Waals surface area contributed by atoms with Crippen molar-refractivity contribution in [3.63, 3.8) is 0 Å². The summed E-state index contributed by atoms with van der Waals surface area (Å²) in [5, 5.41) is 9.05. The first-order chi connectivity index (χ1) is 11.5. The lowest BCUT2D eigenvalue weighted by Crippen LogP contribution is -2.37. The molecule has 1 saturated heterocycles. The maximum absolute atomic E-state index is 13.4. The molecule has 2 aromatic carbocycles. The smallest absolute Gasteiger partial charge is 0.335 e. The van der Waals surface area contributed by atoms with Gasteiger partial charge in [0, 0.05) is 19.6 Å². The Bertz CT molecular complexity index is 751. The van der Waals surface area contributed by atoms with Gasteiger partial charge in [-0.1, -0.05) is 18.2 Å². The Morgan fingerprint density at radius 1 is 1.21 bits per heavy atom. The van der Waals surface area contributed by atoms with Gasteiger partial charge in [0.1, 0.15) is 0 Å². The molecule has 24 heavy (non-hydrogen) atoms. The number of hydrogen-bond donors (Lipinski definition) is 1. The van der Waals surface area contributed by atoms with Crippen molar-refractivity contribution < 1.29 is 23.4 Å². The number of morpholine rings is 1. The molecule has 1 unspecified atom stereocenters. The molecule has 1 aliphatic rings. The minimum atomic E-state index is -0.960. The van der Waals surface area contributed by atoms with Crippen LogP contribution in [0.3, 0.4) is 0 Å². The molecule has 0 amide bonds. The molecule has 1 N–H and O–H groups in total. The zero-order valence-corrected chi connectivity index (χ0v) is 12.9. The van der Waals surface area contributed by atoms with E-state index in [1.807, 2.05) is 6.07 Å². The maximum Gasteiger partial charge on any atom is 0.335 e. The van der Waals surface area contributed by atoms with Crippen molar-refractivity contribution in [2.45, 2.75) is 12.6 Å². The van der Waals surface area contributed by atoms with Crippen molar-refractivity contribution in [2.75, 3.05) is 19.7 Å². The SMILES string of the molecule is O=C(O)c1cccc(CN2CCOC(c3ccc(F)c(F)c3)C2)c1. The van der Waals surface area contributed by atoms with Gasteiger partial charge in [-0.2, -0.15) is 0 Å². The van der Waals surface area contributed by atoms with Crippen LogP contribution < -0.4 is 0 Å². The summed E-state index contributed by atoms with van der Waals surface area (Å²) in [7, 11) is 0. The minimum Gasteiger partial charge on any atom is -0.478 e. The third-order valence-electron chi connectivity index (χ3n) is 4.05. The van der Waals surface area contributed by atoms with Crippen LogP contribution in [0.5, 0.6) is 0 Å². The molecule has 0 radical (unpaired) electrons. The van der Waals surface area contributed by atoms with Crippen LogP contribution in [0.2, 0.25) is 0 Å². The van der Waals surface area contributed by atoms with Crippen LogP contribution in [0, 0.1) is 11.6 Å². The molecule has 6 heteroatoms. The van der Waals surface area contributed by atoms with E-state index < -0.39 is 17.6 Å². The third-order valence-corrected chi connectivity index (χ3v) is 4.05. The van der Waals surface area contributed by atoms with Gasteiger partial charge >= 0.3 is 5.97 Å². The number of carboxylic acids is 1. The zero-order valence-electron chi connectivity index (χ0n) is 12.9. The monoisotopic (exact) mass is 333 g/mol. The summed E-state index contributed by atoms with van der Waals surface area (Å²) in [6.07, 6.45) is -0.337. The highest BCUT2D eigenvalue weighted by molar-refractivity contribution is 5.87. The van der Waals surface area contributed by atoms with Crippen LogP contribution in [0.25, 0.3) is 0 Å². The standard InChI is InChI=1S/C18H17F2NO3/c19-15-5-4-13(9-16(15)20)17-11-21(6-7-24-17)10-12-2-1-3-14(8-12)18(22)23/h1-5,8-9,17H,6-7,10-11H2,(H,22,23). The Labute approximate surface area is 138 Å². The van der Waals surface area contributed by atoms with E-state index in [1.54, 1.807) is 18.2 Å². The van der Waals surface area contributed by atoms with Gasteiger partial charge in [-0.3, -0.25) is 4.90 Å². The normalized spacial score (nSPS) is 18.5. The average molecular weight is 333 g/mol. The number of carbonyl (C=O) groups is 1. The summed E-state index contributed by atoms with van der Waals surface area (Å²) in [5.74, 6) is -2.72. The fourth-order valence-electron chi connectivity index (χ4n) is 2.82. The van der Waals surface area contributed by atoms with E-state index in [-0.39, 0.29) is 11.7 Å². The first-order valence-corrected chi connectivity index (χ1v) is 7.64. The van der Waals surface area contributed by atoms with E-state index in [0.29, 0.717) is 31.8 Å². The lowest BCUT2D eigenvalue weighted by Gasteiger charge is -2.33. The van der Waals surface area contributed by atoms with Crippen LogP contribution in [-0.2, 0) is 11.3 Å². The number of rotatable bonds is 4. The molecule has 1 atom stereocenters. The summed E-state index contributed by atoms with van der Waals surface area (Å²) in [5.41, 5.74) is 1.73. The van der Waals surface area contributed by atoms with Crippen molar-refractivity contribution in [3.8, 4) is 0 Å². The molecular formula is C18H17F2NO3. The predicted molar refractivity (Wildman–Crippen MR) is 83.7 cm³/mol. The highest BCUT2D eigenvalue weighted by atomic mass is 19.2. The fraction of sp³-hybridized carbons (Fsp3) is 0.278. The maximum atomic E-state index is 13.4. The second-order valence-corrected chi connectivity index (χ2v) is 5.77. The molecule has 1 fully saturated rings. The largest absolute Gasteiger partial charge is 0.478 e. The summed E-state index contributed by atoms with van der Waals surface area (Å²) >= 11 is 0. The van der Waals surface area contributed by atoms with Crippen molar-refractivity contribution >= 4 is 5.97 Å². The van der Waals surface area contributed by atoms with Gasteiger partial charge in [0.2, 0.25) is 0 Å². The number of benzene rings is 2. The lowest BCUT2D eigenvalue weighted by atomic mass is 10.1. The Morgan fingerprint density at radius 2 is 2.04 bits per heavy atom. The van der Waals surface area contributed by atoms with Gasteiger partial charge < -0.3 is 9.84 Å². The molecule has 1 aliphatic heterocycles. The highest BCUT2D eigenvalue weighted by Gasteiger charge is 2.23. The van der Waals surface area contributed by atoms with Crippen LogP contribution in [0.4, 0.5) is 8.78 Å². The van der Waals surface area contributed by atoms with Gasteiger partial charge in [0.15, 0.2) is 11.6 Å². The molecule has 0 aliphatic carbocycles.